The van der Waals surface area contributed by atoms with Crippen LogP contribution in [0.25, 0.3) is 0 Å². The van der Waals surface area contributed by atoms with Crippen LogP contribution in [0.15, 0.2) is 23.0 Å². The number of thioether (sulfide) groups is 1. The van der Waals surface area contributed by atoms with Crippen molar-refractivity contribution in [1.29, 1.82) is 0 Å². The zero-order chi connectivity index (χ0) is 25.0. The zero-order valence-electron chi connectivity index (χ0n) is 20.1. The second kappa shape index (κ2) is 9.14. The predicted molar refractivity (Wildman–Crippen MR) is 129 cm³/mol. The summed E-state index contributed by atoms with van der Waals surface area (Å²) in [4.78, 5) is 48.2. The third-order valence-electron chi connectivity index (χ3n) is 7.66. The number of piperazine rings is 1. The second-order valence-corrected chi connectivity index (χ2v) is 11.2. The van der Waals surface area contributed by atoms with Gasteiger partial charge in [0.05, 0.1) is 24.1 Å². The smallest absolute Gasteiger partial charge is 0.353 e. The molecule has 190 valence electrons. The number of fused-ring (bicyclic) bond motifs is 1. The molecule has 0 aromatic carbocycles. The number of rotatable bonds is 6. The van der Waals surface area contributed by atoms with E-state index in [0.29, 0.717) is 31.0 Å². The molecule has 1 aromatic heterocycles. The van der Waals surface area contributed by atoms with Crippen molar-refractivity contribution in [2.24, 2.45) is 18.9 Å². The monoisotopic (exact) mass is 504 g/mol. The lowest BCUT2D eigenvalue weighted by Crippen LogP contribution is -2.63. The maximum Gasteiger partial charge on any atom is 0.353 e. The van der Waals surface area contributed by atoms with Gasteiger partial charge in [-0.2, -0.15) is 0 Å². The number of aromatic nitrogens is 2. The summed E-state index contributed by atoms with van der Waals surface area (Å²) < 4.78 is 1.97. The number of carbonyl (C=O) groups excluding carboxylic acids is 2. The molecule has 12 heteroatoms. The zero-order valence-corrected chi connectivity index (χ0v) is 20.9. The molecule has 35 heavy (non-hydrogen) atoms. The molecule has 3 N–H and O–H groups in total. The first-order valence-electron chi connectivity index (χ1n) is 12.1. The Morgan fingerprint density at radius 2 is 1.97 bits per heavy atom. The summed E-state index contributed by atoms with van der Waals surface area (Å²) in [5.41, 5.74) is 0.0367. The molecule has 5 heterocycles. The van der Waals surface area contributed by atoms with Crippen LogP contribution in [0.2, 0.25) is 0 Å². The first-order chi connectivity index (χ1) is 16.7. The minimum Gasteiger partial charge on any atom is -0.477 e. The van der Waals surface area contributed by atoms with Crippen LogP contribution in [0.3, 0.4) is 0 Å². The average Bonchev–Trinajstić information content (AvgIpc) is 3.52. The van der Waals surface area contributed by atoms with Crippen LogP contribution in [-0.4, -0.2) is 104 Å². The van der Waals surface area contributed by atoms with Gasteiger partial charge in [0.15, 0.2) is 0 Å². The van der Waals surface area contributed by atoms with E-state index in [4.69, 9.17) is 0 Å². The van der Waals surface area contributed by atoms with Crippen LogP contribution in [0.5, 0.6) is 0 Å². The van der Waals surface area contributed by atoms with Crippen LogP contribution >= 0.6 is 11.8 Å². The molecule has 5 rings (SSSR count). The normalized spacial score (nSPS) is 31.6. The fourth-order valence-corrected chi connectivity index (χ4v) is 7.33. The number of β-lactam (4-membered cyclic amide) rings is 1. The fraction of sp³-hybridized carbons (Fsp3) is 0.652. The highest BCUT2D eigenvalue weighted by atomic mass is 32.2. The van der Waals surface area contributed by atoms with E-state index in [1.807, 2.05) is 29.6 Å². The lowest BCUT2D eigenvalue weighted by atomic mass is 9.79. The van der Waals surface area contributed by atoms with Crippen molar-refractivity contribution in [2.75, 3.05) is 37.6 Å². The van der Waals surface area contributed by atoms with Gasteiger partial charge in [0, 0.05) is 68.2 Å². The molecule has 3 fully saturated rings. The van der Waals surface area contributed by atoms with Crippen molar-refractivity contribution in [3.63, 3.8) is 0 Å². The molecule has 6 atom stereocenters. The standard InChI is InChI=1S/C23H32N6O5S/c1-12-17-16(13(2)30)21(32)29(17)18(22(33)34)19(12)35-14-10-15(25-11-14)20(31)27-6-8-28(9-7-27)23-24-4-5-26(23)3/h4-5,12-17,25,30H,6-11H2,1-3H3,(H,33,34)/t12-,13-,14+,15+,16-,17-/m1/s1. The van der Waals surface area contributed by atoms with Gasteiger partial charge in [-0.05, 0) is 13.3 Å². The summed E-state index contributed by atoms with van der Waals surface area (Å²) in [5.74, 6) is -1.21. The van der Waals surface area contributed by atoms with Crippen molar-refractivity contribution < 1.29 is 24.6 Å². The molecule has 1 aromatic rings. The van der Waals surface area contributed by atoms with Gasteiger partial charge in [-0.3, -0.25) is 9.59 Å². The van der Waals surface area contributed by atoms with Crippen LogP contribution in [0.1, 0.15) is 20.3 Å². The van der Waals surface area contributed by atoms with E-state index in [2.05, 4.69) is 15.2 Å². The number of amides is 2. The van der Waals surface area contributed by atoms with Gasteiger partial charge in [0.25, 0.3) is 0 Å². The van der Waals surface area contributed by atoms with Gasteiger partial charge in [0.2, 0.25) is 17.8 Å². The number of imidazole rings is 1. The summed E-state index contributed by atoms with van der Waals surface area (Å²) in [5, 5.41) is 23.2. The van der Waals surface area contributed by atoms with Gasteiger partial charge >= 0.3 is 5.97 Å². The molecule has 0 radical (unpaired) electrons. The van der Waals surface area contributed by atoms with Crippen LogP contribution in [0.4, 0.5) is 5.95 Å². The molecular formula is C23H32N6O5S. The van der Waals surface area contributed by atoms with E-state index in [-0.39, 0.29) is 40.8 Å². The van der Waals surface area contributed by atoms with Gasteiger partial charge in [-0.1, -0.05) is 6.92 Å². The summed E-state index contributed by atoms with van der Waals surface area (Å²) >= 11 is 1.46. The Morgan fingerprint density at radius 1 is 1.26 bits per heavy atom. The molecule has 0 saturated carbocycles. The number of hydrogen-bond acceptors (Lipinski definition) is 8. The Kier molecular flexibility index (Phi) is 6.30. The summed E-state index contributed by atoms with van der Waals surface area (Å²) in [6.45, 7) is 6.80. The van der Waals surface area contributed by atoms with Crippen LogP contribution in [0, 0.1) is 11.8 Å². The topological polar surface area (TPSA) is 131 Å². The van der Waals surface area contributed by atoms with Gasteiger partial charge < -0.3 is 34.8 Å². The van der Waals surface area contributed by atoms with Crippen molar-refractivity contribution in [3.05, 3.63) is 23.0 Å². The largest absolute Gasteiger partial charge is 0.477 e. The highest BCUT2D eigenvalue weighted by Gasteiger charge is 2.60. The lowest BCUT2D eigenvalue weighted by molar-refractivity contribution is -0.163. The van der Waals surface area contributed by atoms with Crippen molar-refractivity contribution in [2.45, 2.75) is 43.7 Å². The molecular weight excluding hydrogens is 472 g/mol. The number of aliphatic carboxylic acids is 1. The Labute approximate surface area is 208 Å². The SMILES string of the molecule is C[C@@H](O)[C@H]1C(=O)N2C(C(=O)O)=C(S[C@@H]3CN[C@H](C(=O)N4CCN(c5nccn5C)CC4)C3)[C@H](C)[C@H]12. The minimum atomic E-state index is -1.12. The second-order valence-electron chi connectivity index (χ2n) is 9.86. The molecule has 0 bridgehead atoms. The van der Waals surface area contributed by atoms with E-state index in [1.54, 1.807) is 13.1 Å². The molecule has 11 nitrogen and oxygen atoms in total. The van der Waals surface area contributed by atoms with E-state index in [9.17, 15) is 24.6 Å². The lowest BCUT2D eigenvalue weighted by Gasteiger charge is -2.46. The number of nitrogens with zero attached hydrogens (tertiary/aromatic N) is 5. The maximum atomic E-state index is 13.2. The molecule has 0 spiro atoms. The number of hydrogen-bond donors (Lipinski definition) is 3. The van der Waals surface area contributed by atoms with Gasteiger partial charge in [-0.15, -0.1) is 11.8 Å². The Bertz CT molecular complexity index is 1060. The Hall–Kier alpha value is -2.57. The fourth-order valence-electron chi connectivity index (χ4n) is 5.85. The summed E-state index contributed by atoms with van der Waals surface area (Å²) in [7, 11) is 1.96. The number of aryl methyl sites for hydroxylation is 1. The van der Waals surface area contributed by atoms with Crippen LogP contribution < -0.4 is 10.2 Å². The predicted octanol–water partition coefficient (Wildman–Crippen LogP) is -0.314. The first kappa shape index (κ1) is 24.1. The van der Waals surface area contributed by atoms with Crippen LogP contribution in [-0.2, 0) is 21.4 Å². The highest BCUT2D eigenvalue weighted by Crippen LogP contribution is 2.51. The van der Waals surface area contributed by atoms with E-state index >= 15 is 0 Å². The summed E-state index contributed by atoms with van der Waals surface area (Å²) in [6.07, 6.45) is 3.46. The van der Waals surface area contributed by atoms with E-state index in [1.165, 1.54) is 16.7 Å². The average molecular weight is 505 g/mol. The van der Waals surface area contributed by atoms with Crippen molar-refractivity contribution in [3.8, 4) is 0 Å². The van der Waals surface area contributed by atoms with Crippen molar-refractivity contribution >= 4 is 35.5 Å². The molecule has 0 unspecified atom stereocenters. The number of carboxylic acid groups (broad SMARTS) is 1. The van der Waals surface area contributed by atoms with E-state index in [0.717, 1.165) is 19.0 Å². The molecule has 3 saturated heterocycles. The Balaban J connectivity index is 1.20. The number of carboxylic acids is 1. The first-order valence-corrected chi connectivity index (χ1v) is 13.0. The quantitative estimate of drug-likeness (QED) is 0.446. The summed E-state index contributed by atoms with van der Waals surface area (Å²) in [6, 6.07) is -0.625. The number of aliphatic hydroxyl groups excluding tert-OH is 1. The number of nitrogens with one attached hydrogen (secondary N) is 1. The van der Waals surface area contributed by atoms with Gasteiger partial charge in [0.1, 0.15) is 5.70 Å². The highest BCUT2D eigenvalue weighted by molar-refractivity contribution is 8.03. The third-order valence-corrected chi connectivity index (χ3v) is 9.17. The number of anilines is 1. The number of carbonyl (C=O) groups is 3. The minimum absolute atomic E-state index is 0.0309. The molecule has 2 amide bonds. The third kappa shape index (κ3) is 4.01. The molecule has 4 aliphatic rings. The molecule has 4 aliphatic heterocycles. The Morgan fingerprint density at radius 3 is 2.57 bits per heavy atom. The van der Waals surface area contributed by atoms with Crippen molar-refractivity contribution in [1.82, 2.24) is 24.7 Å². The molecule has 0 aliphatic carbocycles. The number of aliphatic hydroxyl groups is 1. The van der Waals surface area contributed by atoms with Gasteiger partial charge in [-0.25, -0.2) is 9.78 Å². The van der Waals surface area contributed by atoms with E-state index < -0.39 is 18.0 Å². The maximum absolute atomic E-state index is 13.2.